The molecule has 5 heteroatoms. The number of aliphatic hydroxyl groups excluding tert-OH is 1. The van der Waals surface area contributed by atoms with Gasteiger partial charge in [-0.25, -0.2) is 0 Å². The fraction of sp³-hybridized carbons (Fsp3) is 0.833. The Balaban J connectivity index is 2.51. The van der Waals surface area contributed by atoms with E-state index in [1.807, 2.05) is 0 Å². The second-order valence-electron chi connectivity index (χ2n) is 4.66. The number of hydrogen-bond acceptors (Lipinski definition) is 3. The van der Waals surface area contributed by atoms with Crippen molar-refractivity contribution in [3.8, 4) is 0 Å². The fourth-order valence-electron chi connectivity index (χ4n) is 1.85. The minimum absolute atomic E-state index is 0.0593. The molecular weight excluding hydrogens is 220 g/mol. The van der Waals surface area contributed by atoms with E-state index in [9.17, 15) is 9.59 Å². The van der Waals surface area contributed by atoms with Gasteiger partial charge in [0.2, 0.25) is 11.8 Å². The van der Waals surface area contributed by atoms with Crippen LogP contribution in [0.1, 0.15) is 32.6 Å². The van der Waals surface area contributed by atoms with Crippen molar-refractivity contribution in [2.75, 3.05) is 26.7 Å². The molecule has 1 unspecified atom stereocenters. The molecule has 98 valence electrons. The lowest BCUT2D eigenvalue weighted by Crippen LogP contribution is -2.45. The minimum atomic E-state index is -0.204. The number of rotatable bonds is 4. The third-order valence-corrected chi connectivity index (χ3v) is 3.32. The van der Waals surface area contributed by atoms with Gasteiger partial charge in [-0.2, -0.15) is 0 Å². The Morgan fingerprint density at radius 2 is 2.18 bits per heavy atom. The summed E-state index contributed by atoms with van der Waals surface area (Å²) in [5.41, 5.74) is 0. The van der Waals surface area contributed by atoms with Crippen molar-refractivity contribution in [3.05, 3.63) is 0 Å². The van der Waals surface area contributed by atoms with Crippen molar-refractivity contribution in [3.63, 3.8) is 0 Å². The Morgan fingerprint density at radius 3 is 2.82 bits per heavy atom. The van der Waals surface area contributed by atoms with Crippen LogP contribution in [0.15, 0.2) is 0 Å². The highest BCUT2D eigenvalue weighted by Gasteiger charge is 2.22. The largest absolute Gasteiger partial charge is 0.394 e. The van der Waals surface area contributed by atoms with Crippen LogP contribution in [0.5, 0.6) is 0 Å². The van der Waals surface area contributed by atoms with E-state index < -0.39 is 0 Å². The van der Waals surface area contributed by atoms with Gasteiger partial charge in [0.05, 0.1) is 19.2 Å². The molecule has 1 rings (SSSR count). The van der Waals surface area contributed by atoms with Gasteiger partial charge in [-0.1, -0.05) is 6.42 Å². The van der Waals surface area contributed by atoms with Gasteiger partial charge in [-0.15, -0.1) is 0 Å². The number of carbonyl (C=O) groups excluding carboxylic acids is 2. The first-order valence-corrected chi connectivity index (χ1v) is 6.20. The Bertz CT molecular complexity index is 281. The molecule has 1 atom stereocenters. The quantitative estimate of drug-likeness (QED) is 0.767. The molecule has 0 aromatic heterocycles. The van der Waals surface area contributed by atoms with Crippen LogP contribution in [0.3, 0.4) is 0 Å². The second-order valence-corrected chi connectivity index (χ2v) is 4.66. The predicted octanol–water partition coefficient (Wildman–Crippen LogP) is 0.228. The van der Waals surface area contributed by atoms with Gasteiger partial charge in [0.1, 0.15) is 0 Å². The van der Waals surface area contributed by atoms with E-state index in [1.165, 1.54) is 4.90 Å². The average Bonchev–Trinajstić information content (AvgIpc) is 2.53. The molecule has 0 bridgehead atoms. The van der Waals surface area contributed by atoms with Gasteiger partial charge in [0.25, 0.3) is 0 Å². The fourth-order valence-corrected chi connectivity index (χ4v) is 1.85. The summed E-state index contributed by atoms with van der Waals surface area (Å²) in [4.78, 5) is 26.7. The zero-order chi connectivity index (χ0) is 12.8. The molecule has 0 saturated carbocycles. The number of hydrogen-bond donors (Lipinski definition) is 1. The third-order valence-electron chi connectivity index (χ3n) is 3.32. The average molecular weight is 242 g/mol. The number of carbonyl (C=O) groups is 2. The van der Waals surface area contributed by atoms with Crippen LogP contribution in [0, 0.1) is 0 Å². The first-order valence-electron chi connectivity index (χ1n) is 6.20. The normalized spacial score (nSPS) is 18.8. The van der Waals surface area contributed by atoms with Crippen molar-refractivity contribution in [2.45, 2.75) is 38.6 Å². The molecule has 5 nitrogen and oxygen atoms in total. The first kappa shape index (κ1) is 14.0. The Labute approximate surface area is 102 Å². The smallest absolute Gasteiger partial charge is 0.242 e. The van der Waals surface area contributed by atoms with Crippen LogP contribution >= 0.6 is 0 Å². The molecule has 0 spiro atoms. The lowest BCUT2D eigenvalue weighted by Gasteiger charge is -2.27. The zero-order valence-corrected chi connectivity index (χ0v) is 10.7. The summed E-state index contributed by atoms with van der Waals surface area (Å²) in [5.74, 6) is -0.0392. The highest BCUT2D eigenvalue weighted by atomic mass is 16.3. The van der Waals surface area contributed by atoms with Crippen LogP contribution in [0.2, 0.25) is 0 Å². The topological polar surface area (TPSA) is 60.9 Å². The Kier molecular flexibility index (Phi) is 5.41. The summed E-state index contributed by atoms with van der Waals surface area (Å²) in [6.45, 7) is 2.53. The molecule has 0 aromatic rings. The van der Waals surface area contributed by atoms with Gasteiger partial charge >= 0.3 is 0 Å². The lowest BCUT2D eigenvalue weighted by atomic mass is 10.2. The maximum atomic E-state index is 11.9. The summed E-state index contributed by atoms with van der Waals surface area (Å²) < 4.78 is 0. The maximum Gasteiger partial charge on any atom is 0.242 e. The van der Waals surface area contributed by atoms with E-state index >= 15 is 0 Å². The molecule has 1 aliphatic rings. The molecule has 0 aliphatic carbocycles. The molecule has 2 amide bonds. The van der Waals surface area contributed by atoms with Crippen molar-refractivity contribution in [1.29, 1.82) is 0 Å². The number of likely N-dealkylation sites (tertiary alicyclic amines) is 1. The standard InChI is InChI=1S/C12H22N2O3/c1-10(9-15)13(2)12(17)8-14-7-5-3-4-6-11(14)16/h10,15H,3-9H2,1-2H3. The summed E-state index contributed by atoms with van der Waals surface area (Å²) in [6.07, 6.45) is 3.50. The van der Waals surface area contributed by atoms with E-state index in [1.54, 1.807) is 18.9 Å². The van der Waals surface area contributed by atoms with Gasteiger partial charge in [-0.05, 0) is 19.8 Å². The Hall–Kier alpha value is -1.10. The van der Waals surface area contributed by atoms with E-state index in [4.69, 9.17) is 5.11 Å². The van der Waals surface area contributed by atoms with Crippen molar-refractivity contribution in [2.24, 2.45) is 0 Å². The third kappa shape index (κ3) is 4.00. The number of nitrogens with zero attached hydrogens (tertiary/aromatic N) is 2. The predicted molar refractivity (Wildman–Crippen MR) is 64.4 cm³/mol. The SMILES string of the molecule is CC(CO)N(C)C(=O)CN1CCCCCC1=O. The monoisotopic (exact) mass is 242 g/mol. The minimum Gasteiger partial charge on any atom is -0.394 e. The number of aliphatic hydroxyl groups is 1. The molecule has 1 fully saturated rings. The number of amides is 2. The zero-order valence-electron chi connectivity index (χ0n) is 10.7. The van der Waals surface area contributed by atoms with Crippen molar-refractivity contribution < 1.29 is 14.7 Å². The maximum absolute atomic E-state index is 11.9. The van der Waals surface area contributed by atoms with Crippen molar-refractivity contribution in [1.82, 2.24) is 9.80 Å². The van der Waals surface area contributed by atoms with E-state index in [0.29, 0.717) is 13.0 Å². The van der Waals surface area contributed by atoms with Gasteiger partial charge in [-0.3, -0.25) is 9.59 Å². The molecular formula is C12H22N2O3. The van der Waals surface area contributed by atoms with E-state index in [-0.39, 0.29) is 31.0 Å². The summed E-state index contributed by atoms with van der Waals surface area (Å²) in [7, 11) is 1.66. The lowest BCUT2D eigenvalue weighted by molar-refractivity contribution is -0.140. The van der Waals surface area contributed by atoms with Crippen LogP contribution in [-0.4, -0.2) is 59.5 Å². The van der Waals surface area contributed by atoms with E-state index in [2.05, 4.69) is 0 Å². The molecule has 0 aromatic carbocycles. The molecule has 1 N–H and O–H groups in total. The van der Waals surface area contributed by atoms with Crippen LogP contribution in [-0.2, 0) is 9.59 Å². The van der Waals surface area contributed by atoms with Gasteiger partial charge in [0.15, 0.2) is 0 Å². The van der Waals surface area contributed by atoms with E-state index in [0.717, 1.165) is 19.3 Å². The number of likely N-dealkylation sites (N-methyl/N-ethyl adjacent to an activating group) is 1. The highest BCUT2D eigenvalue weighted by molar-refractivity contribution is 5.85. The highest BCUT2D eigenvalue weighted by Crippen LogP contribution is 2.11. The molecule has 17 heavy (non-hydrogen) atoms. The van der Waals surface area contributed by atoms with Crippen LogP contribution < -0.4 is 0 Å². The van der Waals surface area contributed by atoms with Crippen LogP contribution in [0.25, 0.3) is 0 Å². The Morgan fingerprint density at radius 1 is 1.47 bits per heavy atom. The molecule has 1 saturated heterocycles. The van der Waals surface area contributed by atoms with Gasteiger partial charge in [0, 0.05) is 20.0 Å². The van der Waals surface area contributed by atoms with Gasteiger partial charge < -0.3 is 14.9 Å². The summed E-state index contributed by atoms with van der Waals surface area (Å²) in [5, 5.41) is 8.98. The molecule has 0 radical (unpaired) electrons. The molecule has 1 heterocycles. The summed E-state index contributed by atoms with van der Waals surface area (Å²) >= 11 is 0. The first-order chi connectivity index (χ1) is 8.06. The summed E-state index contributed by atoms with van der Waals surface area (Å²) in [6, 6.07) is -0.204. The van der Waals surface area contributed by atoms with Crippen molar-refractivity contribution >= 4 is 11.8 Å². The second kappa shape index (κ2) is 6.59. The molecule has 1 aliphatic heterocycles. The van der Waals surface area contributed by atoms with Crippen LogP contribution in [0.4, 0.5) is 0 Å².